The van der Waals surface area contributed by atoms with Gasteiger partial charge in [0.25, 0.3) is 0 Å². The van der Waals surface area contributed by atoms with Gasteiger partial charge in [-0.1, -0.05) is 68.4 Å². The highest BCUT2D eigenvalue weighted by atomic mass is 19.1. The van der Waals surface area contributed by atoms with Gasteiger partial charge < -0.3 is 14.2 Å². The fourth-order valence-corrected chi connectivity index (χ4v) is 3.95. The zero-order valence-corrected chi connectivity index (χ0v) is 19.6. The van der Waals surface area contributed by atoms with E-state index < -0.39 is 17.7 Å². The standard InChI is InChI=1S/C28H31FO4/c1-5-27(30)20(2)26(29)19-33-28(21-9-7-6-8-10-21,22-11-15-24(31-3)16-12-22)23-13-17-25(32-4)18-14-23/h6-18,20,26H,5,19H2,1-4H3/t20-,26-/m0/s1. The number of benzene rings is 3. The molecule has 0 spiro atoms. The molecule has 0 bridgehead atoms. The molecule has 0 aromatic heterocycles. The highest BCUT2D eigenvalue weighted by molar-refractivity contribution is 5.80. The summed E-state index contributed by atoms with van der Waals surface area (Å²) >= 11 is 0. The van der Waals surface area contributed by atoms with E-state index in [4.69, 9.17) is 14.2 Å². The van der Waals surface area contributed by atoms with Crippen molar-refractivity contribution in [2.45, 2.75) is 32.0 Å². The number of carbonyl (C=O) groups excluding carboxylic acids is 1. The van der Waals surface area contributed by atoms with Crippen LogP contribution in [-0.2, 0) is 15.1 Å². The van der Waals surface area contributed by atoms with Crippen molar-refractivity contribution in [1.82, 2.24) is 0 Å². The van der Waals surface area contributed by atoms with E-state index in [-0.39, 0.29) is 12.4 Å². The summed E-state index contributed by atoms with van der Waals surface area (Å²) in [4.78, 5) is 12.1. The van der Waals surface area contributed by atoms with Crippen LogP contribution in [0.3, 0.4) is 0 Å². The Bertz CT molecular complexity index is 969. The molecule has 0 fully saturated rings. The van der Waals surface area contributed by atoms with Crippen molar-refractivity contribution in [3.63, 3.8) is 0 Å². The van der Waals surface area contributed by atoms with Crippen molar-refractivity contribution < 1.29 is 23.4 Å². The fourth-order valence-electron chi connectivity index (χ4n) is 3.95. The molecule has 0 radical (unpaired) electrons. The lowest BCUT2D eigenvalue weighted by Crippen LogP contribution is -2.37. The van der Waals surface area contributed by atoms with E-state index in [0.29, 0.717) is 17.9 Å². The van der Waals surface area contributed by atoms with E-state index in [9.17, 15) is 4.79 Å². The van der Waals surface area contributed by atoms with Gasteiger partial charge in [0.15, 0.2) is 0 Å². The first-order chi connectivity index (χ1) is 16.0. The molecule has 3 aromatic rings. The SMILES string of the molecule is CCC(=O)[C@@H](C)[C@@H](F)COC(c1ccccc1)(c1ccc(OC)cc1)c1ccc(OC)cc1. The molecule has 0 aliphatic carbocycles. The number of halogens is 1. The lowest BCUT2D eigenvalue weighted by atomic mass is 9.80. The Morgan fingerprint density at radius 3 is 1.70 bits per heavy atom. The molecule has 0 saturated carbocycles. The maximum Gasteiger partial charge on any atom is 0.143 e. The number of Topliss-reactive ketones (excluding diaryl/α,β-unsaturated/α-hetero) is 1. The maximum atomic E-state index is 15.2. The van der Waals surface area contributed by atoms with Crippen LogP contribution in [0.1, 0.15) is 37.0 Å². The Labute approximate surface area is 195 Å². The normalized spacial score (nSPS) is 13.2. The Morgan fingerprint density at radius 2 is 1.27 bits per heavy atom. The lowest BCUT2D eigenvalue weighted by Gasteiger charge is -2.37. The Kier molecular flexibility index (Phi) is 8.23. The predicted octanol–water partition coefficient (Wildman–Crippen LogP) is 5.97. The zero-order valence-electron chi connectivity index (χ0n) is 19.6. The van der Waals surface area contributed by atoms with Crippen molar-refractivity contribution in [2.75, 3.05) is 20.8 Å². The minimum absolute atomic E-state index is 0.120. The van der Waals surface area contributed by atoms with Crippen LogP contribution in [0, 0.1) is 5.92 Å². The number of alkyl halides is 1. The second kappa shape index (κ2) is 11.1. The highest BCUT2D eigenvalue weighted by Gasteiger charge is 2.39. The van der Waals surface area contributed by atoms with Gasteiger partial charge in [-0.15, -0.1) is 0 Å². The van der Waals surface area contributed by atoms with Gasteiger partial charge >= 0.3 is 0 Å². The van der Waals surface area contributed by atoms with E-state index in [2.05, 4.69) is 0 Å². The van der Waals surface area contributed by atoms with Crippen molar-refractivity contribution in [3.05, 3.63) is 95.6 Å². The van der Waals surface area contributed by atoms with E-state index >= 15 is 4.39 Å². The minimum Gasteiger partial charge on any atom is -0.497 e. The van der Waals surface area contributed by atoms with Gasteiger partial charge in [0.1, 0.15) is 29.1 Å². The van der Waals surface area contributed by atoms with Gasteiger partial charge in [0.05, 0.1) is 20.8 Å². The Morgan fingerprint density at radius 1 is 0.818 bits per heavy atom. The summed E-state index contributed by atoms with van der Waals surface area (Å²) in [6.07, 6.45) is -1.14. The van der Waals surface area contributed by atoms with Gasteiger partial charge in [-0.05, 0) is 41.0 Å². The molecule has 33 heavy (non-hydrogen) atoms. The number of hydrogen-bond donors (Lipinski definition) is 0. The zero-order chi connectivity index (χ0) is 23.8. The molecular weight excluding hydrogens is 419 g/mol. The first kappa shape index (κ1) is 24.5. The third-order valence-electron chi connectivity index (χ3n) is 6.03. The lowest BCUT2D eigenvalue weighted by molar-refractivity contribution is -0.125. The predicted molar refractivity (Wildman–Crippen MR) is 128 cm³/mol. The van der Waals surface area contributed by atoms with Crippen molar-refractivity contribution in [2.24, 2.45) is 5.92 Å². The number of carbonyl (C=O) groups is 1. The average Bonchev–Trinajstić information content (AvgIpc) is 2.89. The molecular formula is C28H31FO4. The van der Waals surface area contributed by atoms with E-state index in [0.717, 1.165) is 16.7 Å². The van der Waals surface area contributed by atoms with Gasteiger partial charge in [-0.2, -0.15) is 0 Å². The van der Waals surface area contributed by atoms with E-state index in [1.807, 2.05) is 78.9 Å². The summed E-state index contributed by atoms with van der Waals surface area (Å²) in [5, 5.41) is 0. The molecule has 3 rings (SSSR count). The maximum absolute atomic E-state index is 15.2. The molecule has 0 unspecified atom stereocenters. The van der Waals surface area contributed by atoms with E-state index in [1.54, 1.807) is 28.1 Å². The summed E-state index contributed by atoms with van der Waals surface area (Å²) in [7, 11) is 3.22. The van der Waals surface area contributed by atoms with Crippen LogP contribution in [0.5, 0.6) is 11.5 Å². The minimum atomic E-state index is -1.43. The quantitative estimate of drug-likeness (QED) is 0.338. The number of hydrogen-bond acceptors (Lipinski definition) is 4. The molecule has 2 atom stereocenters. The number of methoxy groups -OCH3 is 2. The number of ketones is 1. The molecule has 0 heterocycles. The summed E-state index contributed by atoms with van der Waals surface area (Å²) in [6, 6.07) is 24.8. The Hall–Kier alpha value is -3.18. The molecule has 0 aliphatic rings. The second-order valence-corrected chi connectivity index (χ2v) is 7.94. The van der Waals surface area contributed by atoms with Crippen LogP contribution in [0.25, 0.3) is 0 Å². The van der Waals surface area contributed by atoms with E-state index in [1.165, 1.54) is 0 Å². The molecule has 0 aliphatic heterocycles. The van der Waals surface area contributed by atoms with Gasteiger partial charge in [0, 0.05) is 12.3 Å². The third kappa shape index (κ3) is 5.25. The van der Waals surface area contributed by atoms with Crippen molar-refractivity contribution in [3.8, 4) is 11.5 Å². The van der Waals surface area contributed by atoms with Crippen LogP contribution in [0.2, 0.25) is 0 Å². The van der Waals surface area contributed by atoms with Crippen LogP contribution in [0.15, 0.2) is 78.9 Å². The molecule has 174 valence electrons. The smallest absolute Gasteiger partial charge is 0.143 e. The summed E-state index contributed by atoms with van der Waals surface area (Å²) in [5.41, 5.74) is 1.39. The largest absolute Gasteiger partial charge is 0.497 e. The molecule has 4 nitrogen and oxygen atoms in total. The molecule has 0 N–H and O–H groups in total. The number of rotatable bonds is 11. The van der Waals surface area contributed by atoms with Crippen molar-refractivity contribution in [1.29, 1.82) is 0 Å². The summed E-state index contributed by atoms with van der Waals surface area (Å²) in [6.45, 7) is 3.13. The summed E-state index contributed by atoms with van der Waals surface area (Å²) in [5.74, 6) is 0.558. The monoisotopic (exact) mass is 450 g/mol. The van der Waals surface area contributed by atoms with Gasteiger partial charge in [-0.25, -0.2) is 4.39 Å². The van der Waals surface area contributed by atoms with Crippen LogP contribution in [0.4, 0.5) is 4.39 Å². The topological polar surface area (TPSA) is 44.8 Å². The summed E-state index contributed by atoms with van der Waals surface area (Å²) < 4.78 is 32.3. The van der Waals surface area contributed by atoms with Crippen LogP contribution >= 0.6 is 0 Å². The third-order valence-corrected chi connectivity index (χ3v) is 6.03. The van der Waals surface area contributed by atoms with Crippen LogP contribution < -0.4 is 9.47 Å². The molecule has 5 heteroatoms. The first-order valence-electron chi connectivity index (χ1n) is 11.1. The van der Waals surface area contributed by atoms with Crippen LogP contribution in [-0.4, -0.2) is 32.8 Å². The average molecular weight is 451 g/mol. The first-order valence-corrected chi connectivity index (χ1v) is 11.1. The number of ether oxygens (including phenoxy) is 3. The molecule has 3 aromatic carbocycles. The van der Waals surface area contributed by atoms with Crippen molar-refractivity contribution >= 4 is 5.78 Å². The Balaban J connectivity index is 2.15. The molecule has 0 amide bonds. The fraction of sp³-hybridized carbons (Fsp3) is 0.321. The van der Waals surface area contributed by atoms with Gasteiger partial charge in [-0.3, -0.25) is 4.79 Å². The highest BCUT2D eigenvalue weighted by Crippen LogP contribution is 2.42. The molecule has 0 saturated heterocycles. The second-order valence-electron chi connectivity index (χ2n) is 7.94. The van der Waals surface area contributed by atoms with Gasteiger partial charge in [0.2, 0.25) is 0 Å².